The first kappa shape index (κ1) is 86.2. The first-order valence-electron chi connectivity index (χ1n) is 44.4. The molecule has 12 heteroatoms. The lowest BCUT2D eigenvalue weighted by atomic mass is 9.88. The molecule has 0 aliphatic rings. The average molecular weight is 1550 g/mol. The third-order valence-electron chi connectivity index (χ3n) is 23.0. The summed E-state index contributed by atoms with van der Waals surface area (Å²) in [7, 11) is 0. The van der Waals surface area contributed by atoms with Crippen molar-refractivity contribution in [2.45, 2.75) is 388 Å². The number of aromatic nitrogens is 4. The molecule has 9 aromatic rings. The van der Waals surface area contributed by atoms with Crippen LogP contribution >= 0.6 is 68.8 Å². The Morgan fingerprint density at radius 2 is 0.689 bits per heavy atom. The van der Waals surface area contributed by atoms with Gasteiger partial charge >= 0.3 is 0 Å². The van der Waals surface area contributed by atoms with Crippen molar-refractivity contribution in [2.24, 2.45) is 11.8 Å². The van der Waals surface area contributed by atoms with E-state index in [-0.39, 0.29) is 0 Å². The number of rotatable bonds is 64. The van der Waals surface area contributed by atoms with Gasteiger partial charge in [-0.15, -0.1) is 45.3 Å². The molecule has 0 fully saturated rings. The van der Waals surface area contributed by atoms with Gasteiger partial charge < -0.3 is 9.47 Å². The Labute approximate surface area is 669 Å². The van der Waals surface area contributed by atoms with Gasteiger partial charge in [0.25, 0.3) is 0 Å². The molecule has 6 aromatic heterocycles. The van der Waals surface area contributed by atoms with Gasteiger partial charge in [-0.3, -0.25) is 0 Å². The molecule has 0 aliphatic heterocycles. The van der Waals surface area contributed by atoms with Crippen LogP contribution in [0.4, 0.5) is 0 Å². The normalized spacial score (nSPS) is 12.6. The third-order valence-corrected chi connectivity index (χ3v) is 28.6. The molecule has 0 saturated carbocycles. The molecule has 6 nitrogen and oxygen atoms in total. The second-order valence-electron chi connectivity index (χ2n) is 32.0. The highest BCUT2D eigenvalue weighted by atomic mass is 32.1. The molecule has 106 heavy (non-hydrogen) atoms. The molecule has 0 N–H and O–H groups in total. The lowest BCUT2D eigenvalue weighted by molar-refractivity contribution is 0.306. The van der Waals surface area contributed by atoms with E-state index in [0.29, 0.717) is 25.0 Å². The summed E-state index contributed by atoms with van der Waals surface area (Å²) in [5.74, 6) is 3.16. The Hall–Kier alpha value is -3.78. The Morgan fingerprint density at radius 3 is 1.09 bits per heavy atom. The van der Waals surface area contributed by atoms with E-state index in [1.807, 2.05) is 45.3 Å². The van der Waals surface area contributed by atoms with Crippen molar-refractivity contribution in [1.29, 1.82) is 0 Å². The second kappa shape index (κ2) is 51.7. The molecule has 0 bridgehead atoms. The van der Waals surface area contributed by atoms with Crippen molar-refractivity contribution in [3.8, 4) is 51.9 Å². The first-order chi connectivity index (χ1) is 52.5. The van der Waals surface area contributed by atoms with E-state index >= 15 is 0 Å². The van der Waals surface area contributed by atoms with E-state index in [1.165, 1.54) is 372 Å². The summed E-state index contributed by atoms with van der Waals surface area (Å²) >= 11 is 10.4. The van der Waals surface area contributed by atoms with Crippen molar-refractivity contribution in [1.82, 2.24) is 17.5 Å². The van der Waals surface area contributed by atoms with Crippen LogP contribution in [-0.4, -0.2) is 30.7 Å². The minimum Gasteiger partial charge on any atom is -0.492 e. The van der Waals surface area contributed by atoms with Crippen molar-refractivity contribution in [3.05, 3.63) is 70.4 Å². The minimum absolute atomic E-state index is 0.632. The average Bonchev–Trinajstić information content (AvgIpc) is 0.987. The molecule has 0 amide bonds. The summed E-state index contributed by atoms with van der Waals surface area (Å²) in [5.41, 5.74) is 9.08. The third kappa shape index (κ3) is 28.1. The maximum Gasteiger partial charge on any atom is 0.137 e. The van der Waals surface area contributed by atoms with Crippen molar-refractivity contribution in [2.75, 3.05) is 13.2 Å². The summed E-state index contributed by atoms with van der Waals surface area (Å²) in [6.07, 6.45) is 71.2. The molecule has 2 unspecified atom stereocenters. The Balaban J connectivity index is 1.13. The fourth-order valence-electron chi connectivity index (χ4n) is 16.6. The van der Waals surface area contributed by atoms with Crippen molar-refractivity contribution in [3.63, 3.8) is 0 Å². The van der Waals surface area contributed by atoms with Gasteiger partial charge in [-0.2, -0.15) is 17.5 Å². The van der Waals surface area contributed by atoms with Crippen LogP contribution in [0, 0.1) is 11.8 Å². The number of thiophene rings is 4. The van der Waals surface area contributed by atoms with Crippen LogP contribution in [0.15, 0.2) is 59.3 Å². The van der Waals surface area contributed by atoms with Crippen LogP contribution in [0.1, 0.15) is 387 Å². The lowest BCUT2D eigenvalue weighted by Gasteiger charge is -2.20. The first-order valence-corrected chi connectivity index (χ1v) is 49.3. The fraction of sp³-hybridized carbons (Fsp3) is 0.681. The van der Waals surface area contributed by atoms with Gasteiger partial charge in [0.1, 0.15) is 33.6 Å². The van der Waals surface area contributed by atoms with Gasteiger partial charge in [-0.1, -0.05) is 369 Å². The summed E-state index contributed by atoms with van der Waals surface area (Å²) in [5, 5.41) is 8.90. The van der Waals surface area contributed by atoms with Crippen molar-refractivity contribution < 1.29 is 9.47 Å². The molecule has 2 atom stereocenters. The van der Waals surface area contributed by atoms with Gasteiger partial charge in [0.05, 0.1) is 47.4 Å². The number of hydrogen-bond donors (Lipinski definition) is 0. The minimum atomic E-state index is 0.632. The van der Waals surface area contributed by atoms with E-state index in [9.17, 15) is 0 Å². The Kier molecular flexibility index (Phi) is 42.1. The fourth-order valence-corrected chi connectivity index (χ4v) is 21.9. The lowest BCUT2D eigenvalue weighted by Crippen LogP contribution is -2.05. The van der Waals surface area contributed by atoms with Gasteiger partial charge in [0.2, 0.25) is 0 Å². The van der Waals surface area contributed by atoms with E-state index in [4.69, 9.17) is 27.0 Å². The quantitative estimate of drug-likeness (QED) is 0.0279. The highest BCUT2D eigenvalue weighted by Crippen LogP contribution is 2.54. The van der Waals surface area contributed by atoms with Crippen LogP contribution in [0.5, 0.6) is 11.5 Å². The standard InChI is InChI=1S/C94H142N4O2S6/c1-7-13-19-25-31-35-37-41-47-53-63-99-92-79-70-77(84-68-75(72-102-84)66-73(56-49-43-29-23-17-11-5)57-50-45-39-33-27-21-15-9-3)88-90(97-105-95-88)86(79)93(100-64-54-48-42-38-36-32-26-20-14-8-2)80-71-78(89-91(87(80)92)98-106-96-89)85-69-76(94(104-85)83-62-61-82(103-83)81-60-55-65-101-81)67-74(58-51-44-30-24-18-12-6)59-52-46-40-34-28-22-16-10-4/h55,60-62,65,68-74H,7-54,56-59,63-64,66-67H2,1-6H3. The summed E-state index contributed by atoms with van der Waals surface area (Å²) in [6, 6.07) is 19.4. The van der Waals surface area contributed by atoms with Gasteiger partial charge in [-0.05, 0) is 102 Å². The molecular formula is C94H142N4O2S6. The predicted molar refractivity (Wildman–Crippen MR) is 476 cm³/mol. The summed E-state index contributed by atoms with van der Waals surface area (Å²) in [6.45, 7) is 15.2. The predicted octanol–water partition coefficient (Wildman–Crippen LogP) is 34.4. The zero-order valence-electron chi connectivity index (χ0n) is 67.6. The number of nitrogens with zero attached hydrogens (tertiary/aromatic N) is 4. The monoisotopic (exact) mass is 1550 g/mol. The molecule has 0 radical (unpaired) electrons. The Morgan fingerprint density at radius 1 is 0.321 bits per heavy atom. The number of fused-ring (bicyclic) bond motifs is 6. The number of unbranched alkanes of at least 4 members (excludes halogenated alkanes) is 42. The smallest absolute Gasteiger partial charge is 0.137 e. The molecule has 0 saturated heterocycles. The van der Waals surface area contributed by atoms with E-state index in [0.717, 1.165) is 105 Å². The largest absolute Gasteiger partial charge is 0.492 e. The molecular weight excluding hydrogens is 1410 g/mol. The zero-order valence-corrected chi connectivity index (χ0v) is 72.5. The van der Waals surface area contributed by atoms with Crippen LogP contribution in [-0.2, 0) is 12.8 Å². The highest BCUT2D eigenvalue weighted by Gasteiger charge is 2.29. The maximum absolute atomic E-state index is 7.57. The second-order valence-corrected chi connectivity index (χ2v) is 37.1. The van der Waals surface area contributed by atoms with Gasteiger partial charge in [0, 0.05) is 51.2 Å². The van der Waals surface area contributed by atoms with Gasteiger partial charge in [-0.25, -0.2) is 0 Å². The molecule has 586 valence electrons. The molecule has 9 rings (SSSR count). The summed E-state index contributed by atoms with van der Waals surface area (Å²) in [4.78, 5) is 8.05. The maximum atomic E-state index is 7.57. The number of benzene rings is 3. The Bertz CT molecular complexity index is 3750. The molecule has 6 heterocycles. The van der Waals surface area contributed by atoms with E-state index in [2.05, 4.69) is 101 Å². The molecule has 0 aliphatic carbocycles. The van der Waals surface area contributed by atoms with Gasteiger partial charge in [0.15, 0.2) is 0 Å². The van der Waals surface area contributed by atoms with Crippen LogP contribution in [0.3, 0.4) is 0 Å². The van der Waals surface area contributed by atoms with Crippen molar-refractivity contribution >= 4 is 112 Å². The molecule has 3 aromatic carbocycles. The number of ether oxygens (including phenoxy) is 2. The zero-order chi connectivity index (χ0) is 73.9. The van der Waals surface area contributed by atoms with E-state index in [1.54, 1.807) is 0 Å². The topological polar surface area (TPSA) is 70.0 Å². The van der Waals surface area contributed by atoms with Crippen LogP contribution < -0.4 is 9.47 Å². The highest BCUT2D eigenvalue weighted by molar-refractivity contribution is 7.27. The SMILES string of the molecule is CCCCCCCCCCCCOc1c2cc(-c3cc(CC(CCCCCCCC)CCCCCCCCCC)c(-c4ccc(-c5cccs5)s4)s3)c3nsnc3c2c(OCCCCCCCCCCCC)c2cc(-c3cc(CC(CCCCCCCC)CCCCCCCCCC)cs3)c3nsnc3c12. The van der Waals surface area contributed by atoms with Crippen LogP contribution in [0.2, 0.25) is 0 Å². The summed E-state index contributed by atoms with van der Waals surface area (Å²) < 4.78 is 36.6. The molecule has 0 spiro atoms. The van der Waals surface area contributed by atoms with E-state index < -0.39 is 0 Å². The number of hydrogen-bond acceptors (Lipinski definition) is 12. The van der Waals surface area contributed by atoms with Crippen LogP contribution in [0.25, 0.3) is 84.0 Å².